The Bertz CT molecular complexity index is 157. The van der Waals surface area contributed by atoms with Crippen LogP contribution in [0.15, 0.2) is 0 Å². The average molecular weight is 214 g/mol. The lowest BCUT2D eigenvalue weighted by atomic mass is 10.3. The molecular weight excluding hydrogens is 188 g/mol. The molecule has 90 valence electrons. The summed E-state index contributed by atoms with van der Waals surface area (Å²) < 4.78 is 5.21. The minimum absolute atomic E-state index is 0.615. The quantitative estimate of drug-likeness (QED) is 0.607. The van der Waals surface area contributed by atoms with Gasteiger partial charge in [0, 0.05) is 18.6 Å². The summed E-state index contributed by atoms with van der Waals surface area (Å²) in [5.74, 6) is 0. The molecule has 0 aromatic carbocycles. The summed E-state index contributed by atoms with van der Waals surface area (Å²) in [5, 5.41) is 0. The number of hydrogen-bond acceptors (Lipinski definition) is 3. The fraction of sp³-hybridized carbons (Fsp3) is 1.00. The molecule has 0 bridgehead atoms. The fourth-order valence-corrected chi connectivity index (χ4v) is 1.89. The zero-order valence-electron chi connectivity index (χ0n) is 10.7. The average Bonchev–Trinajstić information content (AvgIpc) is 2.57. The van der Waals surface area contributed by atoms with Crippen molar-refractivity contribution < 1.29 is 4.74 Å². The number of morpholine rings is 1. The number of likely N-dealkylation sites (tertiary alicyclic amines) is 1. The lowest BCUT2D eigenvalue weighted by Gasteiger charge is -2.29. The second-order valence-corrected chi connectivity index (χ2v) is 4.88. The Morgan fingerprint density at radius 3 is 1.93 bits per heavy atom. The Labute approximate surface area is 94.4 Å². The maximum Gasteiger partial charge on any atom is 0.0619 e. The number of ether oxygens (including phenoxy) is 1. The summed E-state index contributed by atoms with van der Waals surface area (Å²) >= 11 is 0. The topological polar surface area (TPSA) is 15.7 Å². The van der Waals surface area contributed by atoms with Gasteiger partial charge in [-0.25, -0.2) is 0 Å². The van der Waals surface area contributed by atoms with Crippen LogP contribution in [0.5, 0.6) is 0 Å². The van der Waals surface area contributed by atoms with Crippen LogP contribution in [0, 0.1) is 0 Å². The standard InChI is InChI=1S/C6H13NO.C6H13N/c1-6-5-8-4-3-7(6)2;1-6-4-3-5-7(6)2/h6H,3-5H2,1-2H3;6H,3-5H2,1-2H3. The first-order valence-electron chi connectivity index (χ1n) is 6.09. The van der Waals surface area contributed by atoms with Crippen LogP contribution in [0.2, 0.25) is 0 Å². The van der Waals surface area contributed by atoms with Gasteiger partial charge in [-0.3, -0.25) is 4.90 Å². The SMILES string of the molecule is CC1CCCN1C.CC1COCCN1C. The summed E-state index contributed by atoms with van der Waals surface area (Å²) in [4.78, 5) is 4.71. The van der Waals surface area contributed by atoms with Crippen LogP contribution in [0.4, 0.5) is 0 Å². The highest BCUT2D eigenvalue weighted by atomic mass is 16.5. The van der Waals surface area contributed by atoms with E-state index in [0.717, 1.165) is 25.8 Å². The lowest BCUT2D eigenvalue weighted by molar-refractivity contribution is 0.0131. The third-order valence-electron chi connectivity index (χ3n) is 3.58. The van der Waals surface area contributed by atoms with Crippen LogP contribution in [-0.4, -0.2) is 62.3 Å². The molecule has 15 heavy (non-hydrogen) atoms. The Balaban J connectivity index is 0.000000151. The number of hydrogen-bond donors (Lipinski definition) is 0. The number of rotatable bonds is 0. The van der Waals surface area contributed by atoms with Gasteiger partial charge in [0.05, 0.1) is 13.2 Å². The highest BCUT2D eigenvalue weighted by Crippen LogP contribution is 2.12. The van der Waals surface area contributed by atoms with Crippen LogP contribution in [-0.2, 0) is 4.74 Å². The minimum atomic E-state index is 0.615. The van der Waals surface area contributed by atoms with Gasteiger partial charge in [0.15, 0.2) is 0 Å². The summed E-state index contributed by atoms with van der Waals surface area (Å²) in [7, 11) is 4.32. The molecule has 2 fully saturated rings. The van der Waals surface area contributed by atoms with Crippen LogP contribution < -0.4 is 0 Å². The van der Waals surface area contributed by atoms with Crippen molar-refractivity contribution >= 4 is 0 Å². The highest BCUT2D eigenvalue weighted by Gasteiger charge is 2.14. The van der Waals surface area contributed by atoms with Gasteiger partial charge in [0.2, 0.25) is 0 Å². The monoisotopic (exact) mass is 214 g/mol. The van der Waals surface area contributed by atoms with Gasteiger partial charge in [-0.15, -0.1) is 0 Å². The first-order chi connectivity index (χ1) is 7.11. The number of nitrogens with zero attached hydrogens (tertiary/aromatic N) is 2. The molecule has 0 N–H and O–H groups in total. The molecule has 0 aromatic heterocycles. The van der Waals surface area contributed by atoms with E-state index in [9.17, 15) is 0 Å². The van der Waals surface area contributed by atoms with Crippen molar-refractivity contribution in [2.24, 2.45) is 0 Å². The molecule has 2 heterocycles. The summed E-state index contributed by atoms with van der Waals surface area (Å²) in [6.45, 7) is 8.66. The maximum atomic E-state index is 5.21. The molecule has 2 saturated heterocycles. The van der Waals surface area contributed by atoms with E-state index in [-0.39, 0.29) is 0 Å². The van der Waals surface area contributed by atoms with E-state index < -0.39 is 0 Å². The number of likely N-dealkylation sites (N-methyl/N-ethyl adjacent to an activating group) is 1. The molecule has 2 aliphatic rings. The molecule has 0 radical (unpaired) electrons. The van der Waals surface area contributed by atoms with Crippen molar-refractivity contribution in [1.29, 1.82) is 0 Å². The van der Waals surface area contributed by atoms with Crippen LogP contribution in [0.25, 0.3) is 0 Å². The molecule has 0 saturated carbocycles. The van der Waals surface area contributed by atoms with Gasteiger partial charge in [0.25, 0.3) is 0 Å². The fourth-order valence-electron chi connectivity index (χ4n) is 1.89. The zero-order valence-corrected chi connectivity index (χ0v) is 10.7. The van der Waals surface area contributed by atoms with E-state index in [0.29, 0.717) is 6.04 Å². The van der Waals surface area contributed by atoms with Crippen LogP contribution >= 0.6 is 0 Å². The van der Waals surface area contributed by atoms with Crippen LogP contribution in [0.3, 0.4) is 0 Å². The van der Waals surface area contributed by atoms with E-state index in [1.54, 1.807) is 0 Å². The van der Waals surface area contributed by atoms with Crippen molar-refractivity contribution in [3.63, 3.8) is 0 Å². The minimum Gasteiger partial charge on any atom is -0.379 e. The first kappa shape index (κ1) is 12.9. The Hall–Kier alpha value is -0.120. The summed E-state index contributed by atoms with van der Waals surface area (Å²) in [6.07, 6.45) is 2.80. The first-order valence-corrected chi connectivity index (χ1v) is 6.09. The smallest absolute Gasteiger partial charge is 0.0619 e. The molecule has 2 unspecified atom stereocenters. The molecule has 0 aromatic rings. The van der Waals surface area contributed by atoms with Crippen molar-refractivity contribution in [1.82, 2.24) is 9.80 Å². The largest absolute Gasteiger partial charge is 0.379 e. The van der Waals surface area contributed by atoms with E-state index in [1.807, 2.05) is 0 Å². The van der Waals surface area contributed by atoms with Gasteiger partial charge in [0.1, 0.15) is 0 Å². The van der Waals surface area contributed by atoms with Gasteiger partial charge in [-0.05, 0) is 47.3 Å². The Morgan fingerprint density at radius 2 is 1.67 bits per heavy atom. The van der Waals surface area contributed by atoms with Crippen molar-refractivity contribution in [2.75, 3.05) is 40.4 Å². The molecule has 2 atom stereocenters. The van der Waals surface area contributed by atoms with Gasteiger partial charge >= 0.3 is 0 Å². The van der Waals surface area contributed by atoms with Gasteiger partial charge in [-0.1, -0.05) is 0 Å². The molecule has 3 nitrogen and oxygen atoms in total. The molecule has 0 amide bonds. The van der Waals surface area contributed by atoms with Gasteiger partial charge < -0.3 is 9.64 Å². The normalized spacial score (nSPS) is 33.6. The van der Waals surface area contributed by atoms with Crippen molar-refractivity contribution in [3.05, 3.63) is 0 Å². The molecule has 3 heteroatoms. The molecule has 2 rings (SSSR count). The van der Waals surface area contributed by atoms with Crippen LogP contribution in [0.1, 0.15) is 26.7 Å². The predicted molar refractivity (Wildman–Crippen MR) is 64.2 cm³/mol. The lowest BCUT2D eigenvalue weighted by Crippen LogP contribution is -2.40. The van der Waals surface area contributed by atoms with Crippen molar-refractivity contribution in [3.8, 4) is 0 Å². The Kier molecular flexibility index (Phi) is 5.58. The molecule has 0 spiro atoms. The zero-order chi connectivity index (χ0) is 11.3. The Morgan fingerprint density at radius 1 is 1.00 bits per heavy atom. The predicted octanol–water partition coefficient (Wildman–Crippen LogP) is 1.44. The summed E-state index contributed by atoms with van der Waals surface area (Å²) in [5.41, 5.74) is 0. The maximum absolute atomic E-state index is 5.21. The third-order valence-corrected chi connectivity index (χ3v) is 3.58. The van der Waals surface area contributed by atoms with E-state index in [4.69, 9.17) is 4.74 Å². The second-order valence-electron chi connectivity index (χ2n) is 4.88. The highest BCUT2D eigenvalue weighted by molar-refractivity contribution is 4.70. The third kappa shape index (κ3) is 4.49. The molecule has 2 aliphatic heterocycles. The van der Waals surface area contributed by atoms with Gasteiger partial charge in [-0.2, -0.15) is 0 Å². The second kappa shape index (κ2) is 6.46. The van der Waals surface area contributed by atoms with E-state index >= 15 is 0 Å². The van der Waals surface area contributed by atoms with Crippen molar-refractivity contribution in [2.45, 2.75) is 38.8 Å². The molecular formula is C12H26N2O. The van der Waals surface area contributed by atoms with E-state index in [2.05, 4.69) is 37.7 Å². The van der Waals surface area contributed by atoms with E-state index in [1.165, 1.54) is 19.4 Å². The molecule has 0 aliphatic carbocycles. The summed E-state index contributed by atoms with van der Waals surface area (Å²) in [6, 6.07) is 1.46.